The molecule has 2 aromatic carbocycles. The van der Waals surface area contributed by atoms with Crippen molar-refractivity contribution in [1.29, 1.82) is 0 Å². The average molecular weight is 381 g/mol. The first kappa shape index (κ1) is 17.5. The topological polar surface area (TPSA) is 114 Å². The van der Waals surface area contributed by atoms with Gasteiger partial charge in [-0.3, -0.25) is 34.9 Å². The molecular formula is C19H15N3O6. The van der Waals surface area contributed by atoms with Crippen LogP contribution in [0.4, 0.5) is 0 Å². The Morgan fingerprint density at radius 1 is 0.929 bits per heavy atom. The third-order valence-electron chi connectivity index (χ3n) is 4.31. The standard InChI is InChI=1S/C19H15N3O6/c23-16(9-22-18(25)11-5-1-2-6-12(11)19(22)26)20-21-17(24)15-10-27-13-7-3-4-8-14(13)28-15/h1-8,15H,9-10H2,(H,20,23)(H,21,24). The molecule has 0 aliphatic carbocycles. The minimum atomic E-state index is -0.950. The van der Waals surface area contributed by atoms with E-state index in [1.807, 2.05) is 0 Å². The van der Waals surface area contributed by atoms with Crippen molar-refractivity contribution in [3.63, 3.8) is 0 Å². The van der Waals surface area contributed by atoms with Crippen LogP contribution in [-0.4, -0.2) is 47.8 Å². The second kappa shape index (κ2) is 7.03. The molecule has 2 aliphatic heterocycles. The molecule has 0 saturated heterocycles. The fourth-order valence-corrected chi connectivity index (χ4v) is 2.93. The maximum Gasteiger partial charge on any atom is 0.283 e. The minimum absolute atomic E-state index is 0.0167. The Labute approximate surface area is 159 Å². The SMILES string of the molecule is O=C(CN1C(=O)c2ccccc2C1=O)NNC(=O)C1COc2ccccc2O1. The number of ether oxygens (including phenoxy) is 2. The van der Waals surface area contributed by atoms with Crippen molar-refractivity contribution in [2.24, 2.45) is 0 Å². The molecule has 0 saturated carbocycles. The van der Waals surface area contributed by atoms with Crippen molar-refractivity contribution in [1.82, 2.24) is 15.8 Å². The van der Waals surface area contributed by atoms with E-state index in [0.717, 1.165) is 4.90 Å². The van der Waals surface area contributed by atoms with E-state index in [0.29, 0.717) is 11.5 Å². The summed E-state index contributed by atoms with van der Waals surface area (Å²) in [5.74, 6) is -1.50. The first-order valence-corrected chi connectivity index (χ1v) is 8.47. The highest BCUT2D eigenvalue weighted by atomic mass is 16.6. The molecule has 1 unspecified atom stereocenters. The van der Waals surface area contributed by atoms with E-state index in [1.165, 1.54) is 12.1 Å². The van der Waals surface area contributed by atoms with Gasteiger partial charge >= 0.3 is 0 Å². The Kier molecular flexibility index (Phi) is 4.40. The number of hydrogen-bond acceptors (Lipinski definition) is 6. The third-order valence-corrected chi connectivity index (χ3v) is 4.31. The number of carbonyl (C=O) groups excluding carboxylic acids is 4. The van der Waals surface area contributed by atoms with Crippen LogP contribution in [0.3, 0.4) is 0 Å². The molecule has 2 N–H and O–H groups in total. The second-order valence-corrected chi connectivity index (χ2v) is 6.14. The first-order valence-electron chi connectivity index (χ1n) is 8.47. The van der Waals surface area contributed by atoms with E-state index in [2.05, 4.69) is 10.9 Å². The van der Waals surface area contributed by atoms with Crippen LogP contribution >= 0.6 is 0 Å². The molecule has 28 heavy (non-hydrogen) atoms. The summed E-state index contributed by atoms with van der Waals surface area (Å²) >= 11 is 0. The van der Waals surface area contributed by atoms with Gasteiger partial charge in [-0.05, 0) is 24.3 Å². The number of imide groups is 1. The molecule has 9 heteroatoms. The van der Waals surface area contributed by atoms with Gasteiger partial charge in [0, 0.05) is 0 Å². The number of benzene rings is 2. The van der Waals surface area contributed by atoms with Crippen molar-refractivity contribution in [2.75, 3.05) is 13.2 Å². The Balaban J connectivity index is 1.31. The summed E-state index contributed by atoms with van der Waals surface area (Å²) in [7, 11) is 0. The zero-order valence-electron chi connectivity index (χ0n) is 14.5. The number of rotatable bonds is 3. The molecular weight excluding hydrogens is 366 g/mol. The van der Waals surface area contributed by atoms with Gasteiger partial charge in [0.05, 0.1) is 11.1 Å². The number of nitrogens with one attached hydrogen (secondary N) is 2. The van der Waals surface area contributed by atoms with Crippen molar-refractivity contribution in [3.05, 3.63) is 59.7 Å². The molecule has 2 heterocycles. The van der Waals surface area contributed by atoms with E-state index in [9.17, 15) is 19.2 Å². The smallest absolute Gasteiger partial charge is 0.283 e. The molecule has 4 rings (SSSR count). The lowest BCUT2D eigenvalue weighted by atomic mass is 10.1. The molecule has 2 aliphatic rings. The normalized spacial score (nSPS) is 17.1. The fourth-order valence-electron chi connectivity index (χ4n) is 2.93. The third kappa shape index (κ3) is 3.13. The number of carbonyl (C=O) groups is 4. The lowest BCUT2D eigenvalue weighted by Crippen LogP contribution is -2.53. The molecule has 142 valence electrons. The maximum atomic E-state index is 12.2. The largest absolute Gasteiger partial charge is 0.485 e. The summed E-state index contributed by atoms with van der Waals surface area (Å²) in [6.45, 7) is -0.533. The monoisotopic (exact) mass is 381 g/mol. The highest BCUT2D eigenvalue weighted by Gasteiger charge is 2.36. The van der Waals surface area contributed by atoms with Crippen LogP contribution in [0.1, 0.15) is 20.7 Å². The molecule has 4 amide bonds. The summed E-state index contributed by atoms with van der Waals surface area (Å²) in [5.41, 5.74) is 4.89. The summed E-state index contributed by atoms with van der Waals surface area (Å²) in [5, 5.41) is 0. The van der Waals surface area contributed by atoms with Gasteiger partial charge in [-0.1, -0.05) is 24.3 Å². The molecule has 0 fully saturated rings. The predicted octanol–water partition coefficient (Wildman–Crippen LogP) is 0.270. The van der Waals surface area contributed by atoms with Crippen LogP contribution in [0.2, 0.25) is 0 Å². The summed E-state index contributed by atoms with van der Waals surface area (Å²) in [4.78, 5) is 49.6. The lowest BCUT2D eigenvalue weighted by molar-refractivity contribution is -0.135. The van der Waals surface area contributed by atoms with Gasteiger partial charge in [0.2, 0.25) is 6.10 Å². The van der Waals surface area contributed by atoms with Gasteiger partial charge in [-0.25, -0.2) is 0 Å². The Morgan fingerprint density at radius 3 is 2.21 bits per heavy atom. The van der Waals surface area contributed by atoms with Crippen molar-refractivity contribution in [2.45, 2.75) is 6.10 Å². The first-order chi connectivity index (χ1) is 13.5. The van der Waals surface area contributed by atoms with Gasteiger partial charge < -0.3 is 9.47 Å². The predicted molar refractivity (Wildman–Crippen MR) is 94.4 cm³/mol. The molecule has 9 nitrogen and oxygen atoms in total. The summed E-state index contributed by atoms with van der Waals surface area (Å²) < 4.78 is 11.0. The molecule has 1 atom stereocenters. The van der Waals surface area contributed by atoms with E-state index in [4.69, 9.17) is 9.47 Å². The fraction of sp³-hybridized carbons (Fsp3) is 0.158. The highest BCUT2D eigenvalue weighted by molar-refractivity contribution is 6.22. The van der Waals surface area contributed by atoms with E-state index >= 15 is 0 Å². The Hall–Kier alpha value is -3.88. The van der Waals surface area contributed by atoms with E-state index in [-0.39, 0.29) is 17.7 Å². The Morgan fingerprint density at radius 2 is 1.54 bits per heavy atom. The van der Waals surface area contributed by atoms with Crippen molar-refractivity contribution >= 4 is 23.6 Å². The summed E-state index contributed by atoms with van der Waals surface area (Å²) in [6, 6.07) is 13.2. The van der Waals surface area contributed by atoms with Gasteiger partial charge in [0.1, 0.15) is 13.2 Å². The Bertz CT molecular complexity index is 954. The molecule has 0 radical (unpaired) electrons. The average Bonchev–Trinajstić information content (AvgIpc) is 2.97. The summed E-state index contributed by atoms with van der Waals surface area (Å²) in [6.07, 6.45) is -0.950. The number of para-hydroxylation sites is 2. The molecule has 0 bridgehead atoms. The van der Waals surface area contributed by atoms with Crippen LogP contribution in [0.25, 0.3) is 0 Å². The van der Waals surface area contributed by atoms with Crippen LogP contribution < -0.4 is 20.3 Å². The van der Waals surface area contributed by atoms with Crippen LogP contribution in [-0.2, 0) is 9.59 Å². The zero-order valence-corrected chi connectivity index (χ0v) is 14.5. The lowest BCUT2D eigenvalue weighted by Gasteiger charge is -2.25. The quantitative estimate of drug-likeness (QED) is 0.583. The van der Waals surface area contributed by atoms with Gasteiger partial charge in [-0.15, -0.1) is 0 Å². The van der Waals surface area contributed by atoms with E-state index < -0.39 is 36.3 Å². The van der Waals surface area contributed by atoms with Crippen LogP contribution in [0.5, 0.6) is 11.5 Å². The molecule has 2 aromatic rings. The highest BCUT2D eigenvalue weighted by Crippen LogP contribution is 2.30. The maximum absolute atomic E-state index is 12.2. The van der Waals surface area contributed by atoms with Crippen molar-refractivity contribution in [3.8, 4) is 11.5 Å². The van der Waals surface area contributed by atoms with Crippen LogP contribution in [0, 0.1) is 0 Å². The van der Waals surface area contributed by atoms with Crippen molar-refractivity contribution < 1.29 is 28.7 Å². The second-order valence-electron chi connectivity index (χ2n) is 6.14. The minimum Gasteiger partial charge on any atom is -0.485 e. The number of fused-ring (bicyclic) bond motifs is 2. The molecule has 0 aromatic heterocycles. The number of nitrogens with zero attached hydrogens (tertiary/aromatic N) is 1. The van der Waals surface area contributed by atoms with E-state index in [1.54, 1.807) is 36.4 Å². The van der Waals surface area contributed by atoms with Gasteiger partial charge in [0.25, 0.3) is 23.6 Å². The number of amides is 4. The number of hydrogen-bond donors (Lipinski definition) is 2. The van der Waals surface area contributed by atoms with Gasteiger partial charge in [-0.2, -0.15) is 0 Å². The van der Waals surface area contributed by atoms with Gasteiger partial charge in [0.15, 0.2) is 11.5 Å². The zero-order chi connectivity index (χ0) is 19.7. The molecule has 0 spiro atoms. The number of hydrazine groups is 1. The van der Waals surface area contributed by atoms with Crippen LogP contribution in [0.15, 0.2) is 48.5 Å².